The third-order valence-electron chi connectivity index (χ3n) is 2.38. The van der Waals surface area contributed by atoms with Gasteiger partial charge in [0.2, 0.25) is 0 Å². The summed E-state index contributed by atoms with van der Waals surface area (Å²) in [6, 6.07) is 4.79. The fourth-order valence-electron chi connectivity index (χ4n) is 1.57. The fourth-order valence-corrected chi connectivity index (χ4v) is 2.37. The molecule has 0 aliphatic heterocycles. The van der Waals surface area contributed by atoms with Gasteiger partial charge in [-0.1, -0.05) is 37.0 Å². The Balaban J connectivity index is 2.58. The van der Waals surface area contributed by atoms with Crippen LogP contribution >= 0.6 is 34.8 Å². The SMILES string of the molecule is CC(C)CC(Cl)CNC(=O)c1cc(Cl)ccc1Cl. The summed E-state index contributed by atoms with van der Waals surface area (Å²) in [5.74, 6) is 0.246. The first-order valence-corrected chi connectivity index (χ1v) is 6.96. The van der Waals surface area contributed by atoms with Crippen molar-refractivity contribution < 1.29 is 4.79 Å². The molecule has 0 bridgehead atoms. The van der Waals surface area contributed by atoms with Gasteiger partial charge < -0.3 is 5.32 Å². The van der Waals surface area contributed by atoms with Gasteiger partial charge in [-0.15, -0.1) is 11.6 Å². The average Bonchev–Trinajstić information content (AvgIpc) is 2.28. The van der Waals surface area contributed by atoms with Gasteiger partial charge in [0, 0.05) is 11.6 Å². The largest absolute Gasteiger partial charge is 0.351 e. The second-order valence-electron chi connectivity index (χ2n) is 4.56. The summed E-state index contributed by atoms with van der Waals surface area (Å²) in [4.78, 5) is 11.9. The number of halogens is 3. The predicted molar refractivity (Wildman–Crippen MR) is 77.9 cm³/mol. The van der Waals surface area contributed by atoms with E-state index in [1.165, 1.54) is 0 Å². The molecule has 1 atom stereocenters. The van der Waals surface area contributed by atoms with Crippen molar-refractivity contribution in [1.82, 2.24) is 5.32 Å². The smallest absolute Gasteiger partial charge is 0.252 e. The number of nitrogens with one attached hydrogen (secondary N) is 1. The van der Waals surface area contributed by atoms with Crippen molar-refractivity contribution in [2.75, 3.05) is 6.54 Å². The van der Waals surface area contributed by atoms with Crippen molar-refractivity contribution in [3.63, 3.8) is 0 Å². The first-order valence-electron chi connectivity index (χ1n) is 5.77. The molecule has 1 unspecified atom stereocenters. The maximum atomic E-state index is 11.9. The number of amides is 1. The van der Waals surface area contributed by atoms with E-state index >= 15 is 0 Å². The molecule has 0 spiro atoms. The molecule has 0 radical (unpaired) electrons. The number of hydrogen-bond donors (Lipinski definition) is 1. The number of hydrogen-bond acceptors (Lipinski definition) is 1. The van der Waals surface area contributed by atoms with Crippen LogP contribution in [-0.4, -0.2) is 17.8 Å². The summed E-state index contributed by atoms with van der Waals surface area (Å²) in [7, 11) is 0. The van der Waals surface area contributed by atoms with Crippen LogP contribution in [0.2, 0.25) is 10.0 Å². The normalized spacial score (nSPS) is 12.6. The molecule has 0 saturated heterocycles. The van der Waals surface area contributed by atoms with E-state index in [2.05, 4.69) is 19.2 Å². The zero-order valence-electron chi connectivity index (χ0n) is 10.3. The van der Waals surface area contributed by atoms with Gasteiger partial charge in [0.15, 0.2) is 0 Å². The van der Waals surface area contributed by atoms with E-state index in [9.17, 15) is 4.79 Å². The standard InChI is InChI=1S/C13H16Cl3NO/c1-8(2)5-10(15)7-17-13(18)11-6-9(14)3-4-12(11)16/h3-4,6,8,10H,5,7H2,1-2H3,(H,17,18). The van der Waals surface area contributed by atoms with E-state index in [1.807, 2.05) is 0 Å². The molecule has 0 heterocycles. The lowest BCUT2D eigenvalue weighted by Crippen LogP contribution is -2.30. The number of benzene rings is 1. The van der Waals surface area contributed by atoms with Crippen molar-refractivity contribution in [2.24, 2.45) is 5.92 Å². The molecule has 0 fully saturated rings. The van der Waals surface area contributed by atoms with Crippen LogP contribution in [0.3, 0.4) is 0 Å². The summed E-state index contributed by atoms with van der Waals surface area (Å²) in [6.45, 7) is 4.59. The minimum atomic E-state index is -0.253. The Morgan fingerprint density at radius 1 is 1.33 bits per heavy atom. The number of carbonyl (C=O) groups is 1. The van der Waals surface area contributed by atoms with Gasteiger partial charge in [0.25, 0.3) is 5.91 Å². The minimum Gasteiger partial charge on any atom is -0.351 e. The van der Waals surface area contributed by atoms with Gasteiger partial charge in [0.1, 0.15) is 0 Å². The summed E-state index contributed by atoms with van der Waals surface area (Å²) in [5, 5.41) is 3.54. The molecule has 1 aromatic carbocycles. The van der Waals surface area contributed by atoms with Crippen molar-refractivity contribution in [3.8, 4) is 0 Å². The summed E-state index contributed by atoms with van der Waals surface area (Å²) < 4.78 is 0. The van der Waals surface area contributed by atoms with E-state index in [0.717, 1.165) is 6.42 Å². The maximum absolute atomic E-state index is 11.9. The minimum absolute atomic E-state index is 0.0769. The number of alkyl halides is 1. The highest BCUT2D eigenvalue weighted by atomic mass is 35.5. The molecule has 1 rings (SSSR count). The van der Waals surface area contributed by atoms with Crippen LogP contribution in [0.25, 0.3) is 0 Å². The van der Waals surface area contributed by atoms with Gasteiger partial charge in [-0.3, -0.25) is 4.79 Å². The second kappa shape index (κ2) is 7.22. The Bertz CT molecular complexity index is 421. The van der Waals surface area contributed by atoms with Crippen LogP contribution in [0.15, 0.2) is 18.2 Å². The zero-order valence-corrected chi connectivity index (χ0v) is 12.6. The Morgan fingerprint density at radius 2 is 2.00 bits per heavy atom. The van der Waals surface area contributed by atoms with Gasteiger partial charge in [-0.25, -0.2) is 0 Å². The Morgan fingerprint density at radius 3 is 2.61 bits per heavy atom. The second-order valence-corrected chi connectivity index (χ2v) is 6.02. The molecule has 1 amide bonds. The van der Waals surface area contributed by atoms with Crippen LogP contribution in [-0.2, 0) is 0 Å². The Hall–Kier alpha value is -0.440. The molecule has 1 aromatic rings. The topological polar surface area (TPSA) is 29.1 Å². The zero-order chi connectivity index (χ0) is 13.7. The molecule has 100 valence electrons. The van der Waals surface area contributed by atoms with Crippen molar-refractivity contribution in [2.45, 2.75) is 25.6 Å². The lowest BCUT2D eigenvalue weighted by molar-refractivity contribution is 0.0953. The van der Waals surface area contributed by atoms with Crippen LogP contribution in [0.4, 0.5) is 0 Å². The number of carbonyl (C=O) groups excluding carboxylic acids is 1. The highest BCUT2D eigenvalue weighted by Gasteiger charge is 2.13. The van der Waals surface area contributed by atoms with Crippen LogP contribution in [0, 0.1) is 5.92 Å². The quantitative estimate of drug-likeness (QED) is 0.804. The van der Waals surface area contributed by atoms with E-state index in [-0.39, 0.29) is 11.3 Å². The van der Waals surface area contributed by atoms with E-state index in [4.69, 9.17) is 34.8 Å². The highest BCUT2D eigenvalue weighted by Crippen LogP contribution is 2.20. The lowest BCUT2D eigenvalue weighted by atomic mass is 10.1. The summed E-state index contributed by atoms with van der Waals surface area (Å²) in [6.07, 6.45) is 0.852. The molecule has 18 heavy (non-hydrogen) atoms. The van der Waals surface area contributed by atoms with Gasteiger partial charge >= 0.3 is 0 Å². The van der Waals surface area contributed by atoms with Gasteiger partial charge in [-0.2, -0.15) is 0 Å². The molecule has 1 N–H and O–H groups in total. The highest BCUT2D eigenvalue weighted by molar-refractivity contribution is 6.35. The van der Waals surface area contributed by atoms with Gasteiger partial charge in [-0.05, 0) is 30.5 Å². The molecule has 0 aliphatic rings. The van der Waals surface area contributed by atoms with Crippen LogP contribution < -0.4 is 5.32 Å². The molecule has 0 aromatic heterocycles. The predicted octanol–water partition coefficient (Wildman–Crippen LogP) is 4.38. The maximum Gasteiger partial charge on any atom is 0.252 e. The van der Waals surface area contributed by atoms with Crippen LogP contribution in [0.5, 0.6) is 0 Å². The van der Waals surface area contributed by atoms with Crippen molar-refractivity contribution in [3.05, 3.63) is 33.8 Å². The average molecular weight is 309 g/mol. The molecule has 0 aliphatic carbocycles. The molecule has 2 nitrogen and oxygen atoms in total. The van der Waals surface area contributed by atoms with Crippen molar-refractivity contribution >= 4 is 40.7 Å². The molecule has 5 heteroatoms. The van der Waals surface area contributed by atoms with Crippen LogP contribution in [0.1, 0.15) is 30.6 Å². The Labute approximate surface area is 123 Å². The first-order chi connectivity index (χ1) is 8.40. The molecular formula is C13H16Cl3NO. The van der Waals surface area contributed by atoms with Gasteiger partial charge in [0.05, 0.1) is 16.0 Å². The number of rotatable bonds is 5. The monoisotopic (exact) mass is 307 g/mol. The summed E-state index contributed by atoms with van der Waals surface area (Å²) in [5.41, 5.74) is 0.373. The Kier molecular flexibility index (Phi) is 6.27. The third-order valence-corrected chi connectivity index (χ3v) is 3.28. The lowest BCUT2D eigenvalue weighted by Gasteiger charge is -2.13. The molecular weight excluding hydrogens is 293 g/mol. The fraction of sp³-hybridized carbons (Fsp3) is 0.462. The molecule has 0 saturated carbocycles. The van der Waals surface area contributed by atoms with E-state index in [0.29, 0.717) is 28.1 Å². The first kappa shape index (κ1) is 15.6. The van der Waals surface area contributed by atoms with Crippen molar-refractivity contribution in [1.29, 1.82) is 0 Å². The van der Waals surface area contributed by atoms with E-state index in [1.54, 1.807) is 18.2 Å². The third kappa shape index (κ3) is 5.05. The summed E-state index contributed by atoms with van der Waals surface area (Å²) >= 11 is 17.9. The van der Waals surface area contributed by atoms with E-state index < -0.39 is 0 Å².